The van der Waals surface area contributed by atoms with Crippen LogP contribution in [0.25, 0.3) is 0 Å². The molecule has 0 aromatic carbocycles. The first-order valence-corrected chi connectivity index (χ1v) is 6.88. The van der Waals surface area contributed by atoms with Crippen molar-refractivity contribution in [1.82, 2.24) is 10.3 Å². The fourth-order valence-corrected chi connectivity index (χ4v) is 1.99. The standard InChI is InChI=1S/C15H26N2O/c1-4-5-6-9-15(2,3)12-16-10-13-7-8-14(18)11-17-13/h7-8,11,16,18H,4-6,9-10,12H2,1-3H3. The van der Waals surface area contributed by atoms with E-state index in [9.17, 15) is 0 Å². The summed E-state index contributed by atoms with van der Waals surface area (Å²) < 4.78 is 0. The fourth-order valence-electron chi connectivity index (χ4n) is 1.99. The van der Waals surface area contributed by atoms with E-state index < -0.39 is 0 Å². The van der Waals surface area contributed by atoms with Crippen molar-refractivity contribution in [2.45, 2.75) is 53.0 Å². The van der Waals surface area contributed by atoms with Gasteiger partial charge in [-0.15, -0.1) is 0 Å². The largest absolute Gasteiger partial charge is 0.506 e. The predicted octanol–water partition coefficient (Wildman–Crippen LogP) is 3.48. The summed E-state index contributed by atoms with van der Waals surface area (Å²) in [5.41, 5.74) is 1.31. The van der Waals surface area contributed by atoms with Crippen LogP contribution >= 0.6 is 0 Å². The molecule has 0 atom stereocenters. The third kappa shape index (κ3) is 6.01. The molecule has 0 radical (unpaired) electrons. The van der Waals surface area contributed by atoms with Gasteiger partial charge < -0.3 is 10.4 Å². The number of aromatic hydroxyl groups is 1. The van der Waals surface area contributed by atoms with Crippen molar-refractivity contribution >= 4 is 0 Å². The molecule has 1 heterocycles. The van der Waals surface area contributed by atoms with E-state index in [4.69, 9.17) is 5.11 Å². The Bertz CT molecular complexity index is 333. The second kappa shape index (κ2) is 7.37. The van der Waals surface area contributed by atoms with Gasteiger partial charge in [0.1, 0.15) is 5.75 Å². The highest BCUT2D eigenvalue weighted by atomic mass is 16.3. The van der Waals surface area contributed by atoms with Gasteiger partial charge in [0.15, 0.2) is 0 Å². The highest BCUT2D eigenvalue weighted by Crippen LogP contribution is 2.22. The fraction of sp³-hybridized carbons (Fsp3) is 0.667. The van der Waals surface area contributed by atoms with Crippen LogP contribution in [0.15, 0.2) is 18.3 Å². The van der Waals surface area contributed by atoms with E-state index in [1.54, 1.807) is 6.07 Å². The third-order valence-corrected chi connectivity index (χ3v) is 3.18. The molecule has 0 saturated heterocycles. The number of pyridine rings is 1. The lowest BCUT2D eigenvalue weighted by Crippen LogP contribution is -2.29. The van der Waals surface area contributed by atoms with Crippen molar-refractivity contribution in [2.24, 2.45) is 5.41 Å². The monoisotopic (exact) mass is 250 g/mol. The summed E-state index contributed by atoms with van der Waals surface area (Å²) >= 11 is 0. The van der Waals surface area contributed by atoms with Crippen LogP contribution in [0.5, 0.6) is 5.75 Å². The minimum absolute atomic E-state index is 0.221. The average Bonchev–Trinajstić information content (AvgIpc) is 2.32. The maximum Gasteiger partial charge on any atom is 0.133 e. The van der Waals surface area contributed by atoms with E-state index in [1.165, 1.54) is 31.9 Å². The van der Waals surface area contributed by atoms with Gasteiger partial charge in [-0.1, -0.05) is 40.0 Å². The molecule has 0 aliphatic carbocycles. The Kier molecular flexibility index (Phi) is 6.13. The SMILES string of the molecule is CCCCCC(C)(C)CNCc1ccc(O)cn1. The first-order chi connectivity index (χ1) is 8.53. The molecule has 0 spiro atoms. The topological polar surface area (TPSA) is 45.1 Å². The summed E-state index contributed by atoms with van der Waals surface area (Å²) in [5.74, 6) is 0.221. The van der Waals surface area contributed by atoms with Crippen molar-refractivity contribution < 1.29 is 5.11 Å². The van der Waals surface area contributed by atoms with Crippen LogP contribution in [0.1, 0.15) is 52.1 Å². The van der Waals surface area contributed by atoms with Gasteiger partial charge >= 0.3 is 0 Å². The first kappa shape index (κ1) is 15.0. The Morgan fingerprint density at radius 2 is 2.06 bits per heavy atom. The van der Waals surface area contributed by atoms with Gasteiger partial charge in [0.25, 0.3) is 0 Å². The molecule has 1 aromatic heterocycles. The van der Waals surface area contributed by atoms with E-state index in [0.29, 0.717) is 5.41 Å². The molecule has 0 bridgehead atoms. The van der Waals surface area contributed by atoms with E-state index in [0.717, 1.165) is 18.8 Å². The number of nitrogens with zero attached hydrogens (tertiary/aromatic N) is 1. The summed E-state index contributed by atoms with van der Waals surface area (Å²) in [4.78, 5) is 4.16. The van der Waals surface area contributed by atoms with Crippen molar-refractivity contribution in [3.63, 3.8) is 0 Å². The summed E-state index contributed by atoms with van der Waals surface area (Å²) in [6.45, 7) is 8.61. The molecule has 0 saturated carbocycles. The number of aromatic nitrogens is 1. The van der Waals surface area contributed by atoms with Crippen molar-refractivity contribution in [2.75, 3.05) is 6.54 Å². The molecule has 3 nitrogen and oxygen atoms in total. The zero-order valence-electron chi connectivity index (χ0n) is 11.9. The number of hydrogen-bond donors (Lipinski definition) is 2. The number of rotatable bonds is 8. The van der Waals surface area contributed by atoms with E-state index in [1.807, 2.05) is 6.07 Å². The van der Waals surface area contributed by atoms with Gasteiger partial charge in [0.05, 0.1) is 11.9 Å². The maximum absolute atomic E-state index is 9.15. The lowest BCUT2D eigenvalue weighted by Gasteiger charge is -2.25. The van der Waals surface area contributed by atoms with Gasteiger partial charge in [-0.05, 0) is 24.0 Å². The maximum atomic E-state index is 9.15. The summed E-state index contributed by atoms with van der Waals surface area (Å²) in [6.07, 6.45) is 6.66. The minimum atomic E-state index is 0.221. The molecule has 102 valence electrons. The number of unbranched alkanes of at least 4 members (excludes halogenated alkanes) is 2. The second-order valence-corrected chi connectivity index (χ2v) is 5.73. The Balaban J connectivity index is 2.25. The van der Waals surface area contributed by atoms with Gasteiger partial charge in [-0.25, -0.2) is 0 Å². The van der Waals surface area contributed by atoms with E-state index >= 15 is 0 Å². The molecule has 0 fully saturated rings. The van der Waals surface area contributed by atoms with E-state index in [2.05, 4.69) is 31.1 Å². The van der Waals surface area contributed by atoms with Crippen LogP contribution in [0.4, 0.5) is 0 Å². The molecular weight excluding hydrogens is 224 g/mol. The molecule has 0 amide bonds. The highest BCUT2D eigenvalue weighted by Gasteiger charge is 2.16. The lowest BCUT2D eigenvalue weighted by molar-refractivity contribution is 0.301. The molecular formula is C15H26N2O. The molecule has 1 rings (SSSR count). The van der Waals surface area contributed by atoms with Gasteiger partial charge in [0, 0.05) is 13.1 Å². The van der Waals surface area contributed by atoms with Gasteiger partial charge in [-0.2, -0.15) is 0 Å². The summed E-state index contributed by atoms with van der Waals surface area (Å²) in [5, 5.41) is 12.6. The Morgan fingerprint density at radius 1 is 1.28 bits per heavy atom. The molecule has 0 aliphatic heterocycles. The quantitative estimate of drug-likeness (QED) is 0.694. The summed E-state index contributed by atoms with van der Waals surface area (Å²) in [6, 6.07) is 3.53. The van der Waals surface area contributed by atoms with Crippen molar-refractivity contribution in [3.05, 3.63) is 24.0 Å². The highest BCUT2D eigenvalue weighted by molar-refractivity contribution is 5.17. The van der Waals surface area contributed by atoms with Crippen LogP contribution in [0.3, 0.4) is 0 Å². The van der Waals surface area contributed by atoms with Crippen molar-refractivity contribution in [3.8, 4) is 5.75 Å². The predicted molar refractivity (Wildman–Crippen MR) is 75.5 cm³/mol. The average molecular weight is 250 g/mol. The Hall–Kier alpha value is -1.09. The first-order valence-electron chi connectivity index (χ1n) is 6.88. The normalized spacial score (nSPS) is 11.7. The summed E-state index contributed by atoms with van der Waals surface area (Å²) in [7, 11) is 0. The molecule has 2 N–H and O–H groups in total. The smallest absolute Gasteiger partial charge is 0.133 e. The second-order valence-electron chi connectivity index (χ2n) is 5.73. The van der Waals surface area contributed by atoms with Crippen LogP contribution in [-0.2, 0) is 6.54 Å². The molecule has 3 heteroatoms. The molecule has 0 aliphatic rings. The molecule has 0 unspecified atom stereocenters. The Morgan fingerprint density at radius 3 is 2.67 bits per heavy atom. The minimum Gasteiger partial charge on any atom is -0.506 e. The zero-order chi connectivity index (χ0) is 13.4. The van der Waals surface area contributed by atoms with Crippen LogP contribution < -0.4 is 5.32 Å². The Labute approximate surface area is 111 Å². The van der Waals surface area contributed by atoms with Crippen molar-refractivity contribution in [1.29, 1.82) is 0 Å². The number of nitrogens with one attached hydrogen (secondary N) is 1. The zero-order valence-corrected chi connectivity index (χ0v) is 11.9. The molecule has 18 heavy (non-hydrogen) atoms. The van der Waals surface area contributed by atoms with Crippen LogP contribution in [0.2, 0.25) is 0 Å². The third-order valence-electron chi connectivity index (χ3n) is 3.18. The molecule has 1 aromatic rings. The number of hydrogen-bond acceptors (Lipinski definition) is 3. The van der Waals surface area contributed by atoms with E-state index in [-0.39, 0.29) is 5.75 Å². The van der Waals surface area contributed by atoms with Crippen LogP contribution in [0, 0.1) is 5.41 Å². The van der Waals surface area contributed by atoms with Crippen LogP contribution in [-0.4, -0.2) is 16.6 Å². The van der Waals surface area contributed by atoms with Gasteiger partial charge in [-0.3, -0.25) is 4.98 Å². The van der Waals surface area contributed by atoms with Gasteiger partial charge in [0.2, 0.25) is 0 Å². The lowest BCUT2D eigenvalue weighted by atomic mass is 9.87.